The smallest absolute Gasteiger partial charge is 0.329 e. The highest BCUT2D eigenvalue weighted by Gasteiger charge is 2.41. The van der Waals surface area contributed by atoms with Crippen molar-refractivity contribution in [1.29, 1.82) is 0 Å². The topological polar surface area (TPSA) is 46.6 Å². The van der Waals surface area contributed by atoms with Crippen LogP contribution in [0.4, 0.5) is 0 Å². The molecule has 1 unspecified atom stereocenters. The molecule has 0 aromatic carbocycles. The summed E-state index contributed by atoms with van der Waals surface area (Å²) in [6.45, 7) is 5.53. The highest BCUT2D eigenvalue weighted by Crippen LogP contribution is 2.27. The second-order valence-electron chi connectivity index (χ2n) is 6.01. The third kappa shape index (κ3) is 3.25. The Morgan fingerprint density at radius 2 is 2.11 bits per heavy atom. The van der Waals surface area contributed by atoms with Crippen LogP contribution in [0.5, 0.6) is 0 Å². The molecule has 0 bridgehead atoms. The number of hydrogen-bond acceptors (Lipinski definition) is 3. The lowest BCUT2D eigenvalue weighted by atomic mass is 10.1. The van der Waals surface area contributed by atoms with E-state index in [0.29, 0.717) is 12.8 Å². The molecule has 2 atom stereocenters. The summed E-state index contributed by atoms with van der Waals surface area (Å²) in [7, 11) is 0. The van der Waals surface area contributed by atoms with E-state index in [9.17, 15) is 9.59 Å². The third-order valence-electron chi connectivity index (χ3n) is 3.25. The summed E-state index contributed by atoms with van der Waals surface area (Å²) in [5.41, 5.74) is -0.517. The number of carbonyl (C=O) groups is 2. The van der Waals surface area contributed by atoms with Gasteiger partial charge >= 0.3 is 5.97 Å². The van der Waals surface area contributed by atoms with E-state index in [-0.39, 0.29) is 17.9 Å². The second kappa shape index (κ2) is 5.19. The van der Waals surface area contributed by atoms with E-state index in [1.807, 2.05) is 45.1 Å². The summed E-state index contributed by atoms with van der Waals surface area (Å²) < 4.78 is 5.42. The van der Waals surface area contributed by atoms with Gasteiger partial charge in [0.15, 0.2) is 0 Å². The van der Waals surface area contributed by atoms with Crippen molar-refractivity contribution in [3.05, 3.63) is 24.3 Å². The van der Waals surface area contributed by atoms with Crippen molar-refractivity contribution in [2.45, 2.75) is 57.7 Å². The molecular weight excluding hydrogens is 242 g/mol. The van der Waals surface area contributed by atoms with Gasteiger partial charge in [-0.2, -0.15) is 0 Å². The first-order valence-electron chi connectivity index (χ1n) is 6.76. The van der Waals surface area contributed by atoms with E-state index in [1.165, 1.54) is 0 Å². The van der Waals surface area contributed by atoms with Crippen molar-refractivity contribution in [3.63, 3.8) is 0 Å². The number of allylic oxidation sites excluding steroid dienone is 2. The standard InChI is InChI=1S/C15H21NO3/c1-15(2,3)19-14(18)12-9-10-13(17)16(12)11-7-5-4-6-8-11/h4-7,11-12H,8-10H2,1-3H3/t11?,12-/m0/s1. The third-order valence-corrected chi connectivity index (χ3v) is 3.25. The maximum absolute atomic E-state index is 12.2. The Balaban J connectivity index is 2.11. The zero-order chi connectivity index (χ0) is 14.0. The Morgan fingerprint density at radius 3 is 2.68 bits per heavy atom. The van der Waals surface area contributed by atoms with Gasteiger partial charge in [-0.3, -0.25) is 4.79 Å². The van der Waals surface area contributed by atoms with Gasteiger partial charge in [0.25, 0.3) is 0 Å². The summed E-state index contributed by atoms with van der Waals surface area (Å²) in [5, 5.41) is 0. The molecule has 104 valence electrons. The SMILES string of the molecule is CC(C)(C)OC(=O)[C@@H]1CCC(=O)N1C1C=CC=CC1. The number of esters is 1. The monoisotopic (exact) mass is 263 g/mol. The van der Waals surface area contributed by atoms with E-state index < -0.39 is 11.6 Å². The number of rotatable bonds is 2. The number of carbonyl (C=O) groups excluding carboxylic acids is 2. The van der Waals surface area contributed by atoms with Crippen LogP contribution >= 0.6 is 0 Å². The minimum atomic E-state index is -0.517. The zero-order valence-corrected chi connectivity index (χ0v) is 11.8. The fraction of sp³-hybridized carbons (Fsp3) is 0.600. The van der Waals surface area contributed by atoms with E-state index >= 15 is 0 Å². The Bertz CT molecular complexity index is 431. The normalized spacial score (nSPS) is 26.9. The largest absolute Gasteiger partial charge is 0.458 e. The number of ether oxygens (including phenoxy) is 1. The fourth-order valence-electron chi connectivity index (χ4n) is 2.49. The first-order chi connectivity index (χ1) is 8.88. The summed E-state index contributed by atoms with van der Waals surface area (Å²) in [4.78, 5) is 25.9. The molecular formula is C15H21NO3. The number of amides is 1. The van der Waals surface area contributed by atoms with Gasteiger partial charge in [-0.15, -0.1) is 0 Å². The fourth-order valence-corrected chi connectivity index (χ4v) is 2.49. The van der Waals surface area contributed by atoms with Crippen molar-refractivity contribution >= 4 is 11.9 Å². The van der Waals surface area contributed by atoms with Crippen LogP contribution in [0.2, 0.25) is 0 Å². The van der Waals surface area contributed by atoms with Crippen LogP contribution in [0.1, 0.15) is 40.0 Å². The molecule has 1 amide bonds. The quantitative estimate of drug-likeness (QED) is 0.718. The molecule has 1 fully saturated rings. The van der Waals surface area contributed by atoms with E-state index in [1.54, 1.807) is 4.90 Å². The van der Waals surface area contributed by atoms with E-state index in [0.717, 1.165) is 6.42 Å². The molecule has 0 spiro atoms. The average Bonchev–Trinajstić information content (AvgIpc) is 2.70. The van der Waals surface area contributed by atoms with Gasteiger partial charge in [0.05, 0.1) is 6.04 Å². The highest BCUT2D eigenvalue weighted by atomic mass is 16.6. The average molecular weight is 263 g/mol. The van der Waals surface area contributed by atoms with Crippen LogP contribution in [0, 0.1) is 0 Å². The molecule has 2 aliphatic rings. The van der Waals surface area contributed by atoms with Gasteiger partial charge in [0.1, 0.15) is 11.6 Å². The van der Waals surface area contributed by atoms with Gasteiger partial charge in [0, 0.05) is 6.42 Å². The molecule has 0 aromatic rings. The van der Waals surface area contributed by atoms with Gasteiger partial charge in [-0.1, -0.05) is 24.3 Å². The minimum absolute atomic E-state index is 0.0162. The Kier molecular flexibility index (Phi) is 3.78. The second-order valence-corrected chi connectivity index (χ2v) is 6.01. The first-order valence-corrected chi connectivity index (χ1v) is 6.76. The molecule has 4 heteroatoms. The first kappa shape index (κ1) is 13.8. The lowest BCUT2D eigenvalue weighted by molar-refractivity contribution is -0.163. The molecule has 0 saturated carbocycles. The molecule has 2 rings (SSSR count). The minimum Gasteiger partial charge on any atom is -0.458 e. The van der Waals surface area contributed by atoms with E-state index in [4.69, 9.17) is 4.74 Å². The van der Waals surface area contributed by atoms with Crippen LogP contribution in [-0.4, -0.2) is 34.5 Å². The van der Waals surface area contributed by atoms with Crippen LogP contribution in [-0.2, 0) is 14.3 Å². The Labute approximate surface area is 114 Å². The van der Waals surface area contributed by atoms with Crippen LogP contribution in [0.25, 0.3) is 0 Å². The lowest BCUT2D eigenvalue weighted by Crippen LogP contribution is -2.47. The Morgan fingerprint density at radius 1 is 1.37 bits per heavy atom. The molecule has 0 N–H and O–H groups in total. The van der Waals surface area contributed by atoms with Gasteiger partial charge < -0.3 is 9.64 Å². The van der Waals surface area contributed by atoms with Crippen molar-refractivity contribution in [2.24, 2.45) is 0 Å². The summed E-state index contributed by atoms with van der Waals surface area (Å²) in [6, 6.07) is -0.453. The molecule has 0 aromatic heterocycles. The van der Waals surface area contributed by atoms with E-state index in [2.05, 4.69) is 0 Å². The zero-order valence-electron chi connectivity index (χ0n) is 11.8. The van der Waals surface area contributed by atoms with Crippen molar-refractivity contribution in [2.75, 3.05) is 0 Å². The van der Waals surface area contributed by atoms with Crippen LogP contribution in [0.3, 0.4) is 0 Å². The molecule has 1 saturated heterocycles. The molecule has 4 nitrogen and oxygen atoms in total. The number of nitrogens with zero attached hydrogens (tertiary/aromatic N) is 1. The molecule has 1 heterocycles. The number of likely N-dealkylation sites (tertiary alicyclic amines) is 1. The Hall–Kier alpha value is -1.58. The highest BCUT2D eigenvalue weighted by molar-refractivity contribution is 5.88. The van der Waals surface area contributed by atoms with Gasteiger partial charge in [0.2, 0.25) is 5.91 Å². The summed E-state index contributed by atoms with van der Waals surface area (Å²) in [5.74, 6) is -0.248. The van der Waals surface area contributed by atoms with Crippen molar-refractivity contribution in [3.8, 4) is 0 Å². The summed E-state index contributed by atoms with van der Waals surface area (Å²) >= 11 is 0. The van der Waals surface area contributed by atoms with Crippen LogP contribution < -0.4 is 0 Å². The summed E-state index contributed by atoms with van der Waals surface area (Å²) in [6.07, 6.45) is 9.62. The van der Waals surface area contributed by atoms with Gasteiger partial charge in [-0.05, 0) is 33.6 Å². The number of hydrogen-bond donors (Lipinski definition) is 0. The molecule has 1 aliphatic carbocycles. The maximum Gasteiger partial charge on any atom is 0.329 e. The molecule has 19 heavy (non-hydrogen) atoms. The predicted octanol–water partition coefficient (Wildman–Crippen LogP) is 2.20. The van der Waals surface area contributed by atoms with Crippen molar-refractivity contribution < 1.29 is 14.3 Å². The van der Waals surface area contributed by atoms with Gasteiger partial charge in [-0.25, -0.2) is 4.79 Å². The van der Waals surface area contributed by atoms with Crippen LogP contribution in [0.15, 0.2) is 24.3 Å². The maximum atomic E-state index is 12.2. The van der Waals surface area contributed by atoms with Crippen molar-refractivity contribution in [1.82, 2.24) is 4.90 Å². The molecule has 1 aliphatic heterocycles. The predicted molar refractivity (Wildman–Crippen MR) is 72.4 cm³/mol. The lowest BCUT2D eigenvalue weighted by Gasteiger charge is -2.32. The molecule has 0 radical (unpaired) electrons.